The van der Waals surface area contributed by atoms with E-state index in [9.17, 15) is 4.79 Å². The topological polar surface area (TPSA) is 68.8 Å². The van der Waals surface area contributed by atoms with Gasteiger partial charge in [0.25, 0.3) is 0 Å². The predicted octanol–water partition coefficient (Wildman–Crippen LogP) is 2.17. The summed E-state index contributed by atoms with van der Waals surface area (Å²) in [7, 11) is 0. The summed E-state index contributed by atoms with van der Waals surface area (Å²) >= 11 is 0. The Hall–Kier alpha value is -1.95. The van der Waals surface area contributed by atoms with Gasteiger partial charge in [-0.1, -0.05) is 6.07 Å². The number of alkyl carbamates (subject to hydrolysis) is 1. The van der Waals surface area contributed by atoms with Crippen LogP contribution in [0.4, 0.5) is 4.79 Å². The quantitative estimate of drug-likeness (QED) is 0.892. The molecule has 2 unspecified atom stereocenters. The zero-order valence-electron chi connectivity index (χ0n) is 13.1. The monoisotopic (exact) mass is 306 g/mol. The van der Waals surface area contributed by atoms with Gasteiger partial charge in [-0.05, 0) is 44.9 Å². The molecule has 1 aromatic carbocycles. The number of carbonyl (C=O) groups is 1. The lowest BCUT2D eigenvalue weighted by Crippen LogP contribution is -2.36. The number of nitrogens with one attached hydrogen (secondary N) is 2. The zero-order chi connectivity index (χ0) is 15.7. The third kappa shape index (κ3) is 3.82. The third-order valence-electron chi connectivity index (χ3n) is 3.50. The summed E-state index contributed by atoms with van der Waals surface area (Å²) in [5.41, 5.74) is 0.668. The molecule has 2 atom stereocenters. The molecule has 0 bridgehead atoms. The summed E-state index contributed by atoms with van der Waals surface area (Å²) in [4.78, 5) is 11.7. The van der Waals surface area contributed by atoms with Gasteiger partial charge in [0.1, 0.15) is 5.60 Å². The van der Waals surface area contributed by atoms with E-state index in [-0.39, 0.29) is 25.0 Å². The van der Waals surface area contributed by atoms with Gasteiger partial charge < -0.3 is 24.8 Å². The van der Waals surface area contributed by atoms with Crippen LogP contribution in [-0.4, -0.2) is 30.6 Å². The first-order chi connectivity index (χ1) is 10.4. The van der Waals surface area contributed by atoms with E-state index in [0.717, 1.165) is 30.0 Å². The second kappa shape index (κ2) is 5.68. The molecule has 1 aromatic rings. The fourth-order valence-corrected chi connectivity index (χ4v) is 2.34. The van der Waals surface area contributed by atoms with Gasteiger partial charge in [0.15, 0.2) is 11.5 Å². The van der Waals surface area contributed by atoms with Crippen LogP contribution in [0.15, 0.2) is 18.2 Å². The summed E-state index contributed by atoms with van der Waals surface area (Å²) in [5.74, 6) is 1.58. The minimum atomic E-state index is -0.464. The Balaban J connectivity index is 1.42. The molecule has 0 spiro atoms. The fourth-order valence-electron chi connectivity index (χ4n) is 2.34. The van der Waals surface area contributed by atoms with Crippen molar-refractivity contribution in [3.05, 3.63) is 23.8 Å². The van der Waals surface area contributed by atoms with E-state index in [4.69, 9.17) is 14.2 Å². The van der Waals surface area contributed by atoms with E-state index in [0.29, 0.717) is 0 Å². The van der Waals surface area contributed by atoms with E-state index in [2.05, 4.69) is 10.6 Å². The number of rotatable bonds is 4. The number of benzene rings is 1. The molecular weight excluding hydrogens is 284 g/mol. The first-order valence-electron chi connectivity index (χ1n) is 7.52. The Morgan fingerprint density at radius 3 is 2.82 bits per heavy atom. The molecule has 6 nitrogen and oxygen atoms in total. The van der Waals surface area contributed by atoms with Gasteiger partial charge in [0.2, 0.25) is 6.79 Å². The Bertz CT molecular complexity index is 568. The van der Waals surface area contributed by atoms with E-state index >= 15 is 0 Å². The van der Waals surface area contributed by atoms with Gasteiger partial charge in [0.05, 0.1) is 0 Å². The van der Waals surface area contributed by atoms with Crippen molar-refractivity contribution in [2.75, 3.05) is 6.79 Å². The molecule has 2 N–H and O–H groups in total. The highest BCUT2D eigenvalue weighted by Crippen LogP contribution is 2.32. The molecule has 0 aromatic heterocycles. The van der Waals surface area contributed by atoms with Crippen LogP contribution < -0.4 is 20.1 Å². The maximum Gasteiger partial charge on any atom is 0.407 e. The maximum absolute atomic E-state index is 11.7. The number of amides is 1. The molecule has 2 aliphatic rings. The Kier molecular flexibility index (Phi) is 3.87. The average molecular weight is 306 g/mol. The normalized spacial score (nSPS) is 22.3. The Labute approximate surface area is 130 Å². The highest BCUT2D eigenvalue weighted by atomic mass is 16.7. The van der Waals surface area contributed by atoms with E-state index in [1.165, 1.54) is 0 Å². The summed E-state index contributed by atoms with van der Waals surface area (Å²) < 4.78 is 15.9. The van der Waals surface area contributed by atoms with Gasteiger partial charge >= 0.3 is 6.09 Å². The number of fused-ring (bicyclic) bond motifs is 1. The SMILES string of the molecule is CC(C)(C)OC(=O)NC1CC1NCc1ccc2c(c1)OCO2. The molecule has 0 saturated heterocycles. The summed E-state index contributed by atoms with van der Waals surface area (Å²) in [6.45, 7) is 6.59. The second-order valence-electron chi connectivity index (χ2n) is 6.66. The average Bonchev–Trinajstić information content (AvgIpc) is 2.97. The molecule has 1 saturated carbocycles. The van der Waals surface area contributed by atoms with E-state index < -0.39 is 5.60 Å². The summed E-state index contributed by atoms with van der Waals surface area (Å²) in [6.07, 6.45) is 0.564. The van der Waals surface area contributed by atoms with Crippen LogP contribution in [0.2, 0.25) is 0 Å². The minimum Gasteiger partial charge on any atom is -0.454 e. The van der Waals surface area contributed by atoms with Crippen molar-refractivity contribution >= 4 is 6.09 Å². The Morgan fingerprint density at radius 2 is 2.05 bits per heavy atom. The van der Waals surface area contributed by atoms with Crippen LogP contribution in [0.5, 0.6) is 11.5 Å². The molecule has 3 rings (SSSR count). The molecule has 1 fully saturated rings. The first-order valence-corrected chi connectivity index (χ1v) is 7.52. The van der Waals surface area contributed by atoms with Crippen LogP contribution in [-0.2, 0) is 11.3 Å². The lowest BCUT2D eigenvalue weighted by atomic mass is 10.2. The summed E-state index contributed by atoms with van der Waals surface area (Å²) in [5, 5.41) is 6.29. The van der Waals surface area contributed by atoms with Gasteiger partial charge in [-0.3, -0.25) is 0 Å². The lowest BCUT2D eigenvalue weighted by molar-refractivity contribution is 0.0522. The van der Waals surface area contributed by atoms with Crippen molar-refractivity contribution in [2.45, 2.75) is 51.4 Å². The molecule has 6 heteroatoms. The molecule has 1 aliphatic heterocycles. The third-order valence-corrected chi connectivity index (χ3v) is 3.50. The van der Waals surface area contributed by atoms with E-state index in [1.54, 1.807) is 0 Å². The minimum absolute atomic E-state index is 0.142. The summed E-state index contributed by atoms with van der Waals surface area (Å²) in [6, 6.07) is 6.34. The highest BCUT2D eigenvalue weighted by Gasteiger charge is 2.38. The van der Waals surface area contributed by atoms with Crippen molar-refractivity contribution in [2.24, 2.45) is 0 Å². The van der Waals surface area contributed by atoms with Crippen LogP contribution >= 0.6 is 0 Å². The largest absolute Gasteiger partial charge is 0.454 e. The highest BCUT2D eigenvalue weighted by molar-refractivity contribution is 5.68. The fraction of sp³-hybridized carbons (Fsp3) is 0.562. The van der Waals surface area contributed by atoms with Gasteiger partial charge in [-0.25, -0.2) is 4.79 Å². The van der Waals surface area contributed by atoms with E-state index in [1.807, 2.05) is 39.0 Å². The Morgan fingerprint density at radius 1 is 1.27 bits per heavy atom. The number of ether oxygens (including phenoxy) is 3. The number of carbonyl (C=O) groups excluding carboxylic acids is 1. The standard InChI is InChI=1S/C16H22N2O4/c1-16(2,3)22-15(19)18-12-7-11(12)17-8-10-4-5-13-14(6-10)21-9-20-13/h4-6,11-12,17H,7-9H2,1-3H3,(H,18,19). The zero-order valence-corrected chi connectivity index (χ0v) is 13.1. The molecule has 120 valence electrons. The first kappa shape index (κ1) is 15.0. The number of hydrogen-bond acceptors (Lipinski definition) is 5. The van der Waals surface area contributed by atoms with Gasteiger partial charge in [-0.2, -0.15) is 0 Å². The molecule has 1 aliphatic carbocycles. The van der Waals surface area contributed by atoms with Crippen molar-refractivity contribution in [3.8, 4) is 11.5 Å². The lowest BCUT2D eigenvalue weighted by Gasteiger charge is -2.19. The van der Waals surface area contributed by atoms with Gasteiger partial charge in [-0.15, -0.1) is 0 Å². The van der Waals surface area contributed by atoms with Crippen LogP contribution in [0.25, 0.3) is 0 Å². The predicted molar refractivity (Wildman–Crippen MR) is 81.0 cm³/mol. The van der Waals surface area contributed by atoms with Gasteiger partial charge in [0, 0.05) is 18.6 Å². The molecule has 22 heavy (non-hydrogen) atoms. The van der Waals surface area contributed by atoms with Crippen LogP contribution in [0.3, 0.4) is 0 Å². The number of hydrogen-bond donors (Lipinski definition) is 2. The van der Waals surface area contributed by atoms with Crippen LogP contribution in [0, 0.1) is 0 Å². The van der Waals surface area contributed by atoms with Crippen molar-refractivity contribution < 1.29 is 19.0 Å². The molecule has 1 amide bonds. The van der Waals surface area contributed by atoms with Crippen LogP contribution in [0.1, 0.15) is 32.8 Å². The maximum atomic E-state index is 11.7. The molecule has 0 radical (unpaired) electrons. The van der Waals surface area contributed by atoms with Crippen molar-refractivity contribution in [3.63, 3.8) is 0 Å². The molecule has 1 heterocycles. The smallest absolute Gasteiger partial charge is 0.407 e. The van der Waals surface area contributed by atoms with Crippen molar-refractivity contribution in [1.29, 1.82) is 0 Å². The van der Waals surface area contributed by atoms with Crippen molar-refractivity contribution in [1.82, 2.24) is 10.6 Å². The second-order valence-corrected chi connectivity index (χ2v) is 6.66. The molecular formula is C16H22N2O4.